The molecule has 2 aromatic rings. The maximum absolute atomic E-state index is 4.43. The third-order valence-electron chi connectivity index (χ3n) is 3.78. The highest BCUT2D eigenvalue weighted by Crippen LogP contribution is 2.27. The van der Waals surface area contributed by atoms with Crippen LogP contribution in [0.15, 0.2) is 24.3 Å². The van der Waals surface area contributed by atoms with Crippen LogP contribution >= 0.6 is 0 Å². The van der Waals surface area contributed by atoms with Crippen molar-refractivity contribution in [3.8, 4) is 11.4 Å². The number of fused-ring (bicyclic) bond motifs is 1. The molecule has 1 atom stereocenters. The molecule has 4 heteroatoms. The summed E-state index contributed by atoms with van der Waals surface area (Å²) in [4.78, 5) is 0. The quantitative estimate of drug-likeness (QED) is 0.918. The van der Waals surface area contributed by atoms with Crippen molar-refractivity contribution in [2.75, 3.05) is 6.54 Å². The minimum Gasteiger partial charge on any atom is -0.308 e. The van der Waals surface area contributed by atoms with E-state index in [0.29, 0.717) is 6.04 Å². The molecule has 19 heavy (non-hydrogen) atoms. The van der Waals surface area contributed by atoms with Gasteiger partial charge in [-0.05, 0) is 18.9 Å². The molecule has 0 aliphatic carbocycles. The second-order valence-electron chi connectivity index (χ2n) is 5.14. The minimum absolute atomic E-state index is 0.351. The van der Waals surface area contributed by atoms with E-state index in [4.69, 9.17) is 0 Å². The summed E-state index contributed by atoms with van der Waals surface area (Å²) in [5.74, 6) is 2.10. The first-order chi connectivity index (χ1) is 9.31. The van der Waals surface area contributed by atoms with Gasteiger partial charge in [0.15, 0.2) is 11.6 Å². The monoisotopic (exact) mass is 256 g/mol. The first kappa shape index (κ1) is 12.4. The summed E-state index contributed by atoms with van der Waals surface area (Å²) in [6, 6.07) is 8.73. The molecule has 1 aromatic heterocycles. The van der Waals surface area contributed by atoms with Gasteiger partial charge in [-0.3, -0.25) is 0 Å². The molecule has 0 fully saturated rings. The zero-order chi connectivity index (χ0) is 13.2. The fourth-order valence-electron chi connectivity index (χ4n) is 2.78. The van der Waals surface area contributed by atoms with E-state index < -0.39 is 0 Å². The van der Waals surface area contributed by atoms with Crippen molar-refractivity contribution in [2.45, 2.75) is 39.3 Å². The molecule has 0 radical (unpaired) electrons. The summed E-state index contributed by atoms with van der Waals surface area (Å²) in [5.41, 5.74) is 2.45. The van der Waals surface area contributed by atoms with E-state index in [9.17, 15) is 0 Å². The minimum atomic E-state index is 0.351. The molecule has 0 bridgehead atoms. The summed E-state index contributed by atoms with van der Waals surface area (Å²) >= 11 is 0. The average Bonchev–Trinajstić information content (AvgIpc) is 2.85. The average molecular weight is 256 g/mol. The summed E-state index contributed by atoms with van der Waals surface area (Å²) in [7, 11) is 0. The van der Waals surface area contributed by atoms with E-state index in [0.717, 1.165) is 37.6 Å². The second kappa shape index (κ2) is 5.13. The van der Waals surface area contributed by atoms with Crippen LogP contribution in [-0.4, -0.2) is 21.3 Å². The van der Waals surface area contributed by atoms with E-state index in [2.05, 4.69) is 58.2 Å². The summed E-state index contributed by atoms with van der Waals surface area (Å²) in [5, 5.41) is 12.4. The Balaban J connectivity index is 2.04. The molecule has 1 aliphatic heterocycles. The lowest BCUT2D eigenvalue weighted by molar-refractivity contribution is 0.394. The Morgan fingerprint density at radius 3 is 2.95 bits per heavy atom. The zero-order valence-electron chi connectivity index (χ0n) is 11.6. The van der Waals surface area contributed by atoms with Gasteiger partial charge in [-0.2, -0.15) is 0 Å². The Hall–Kier alpha value is -1.68. The molecular formula is C15H20N4. The van der Waals surface area contributed by atoms with Crippen LogP contribution in [0.3, 0.4) is 0 Å². The van der Waals surface area contributed by atoms with Crippen LogP contribution in [-0.2, 0) is 6.54 Å². The van der Waals surface area contributed by atoms with Gasteiger partial charge in [0.1, 0.15) is 0 Å². The Labute approximate surface area is 113 Å². The van der Waals surface area contributed by atoms with Crippen LogP contribution in [0.5, 0.6) is 0 Å². The number of aryl methyl sites for hydroxylation is 1. The molecule has 4 nitrogen and oxygen atoms in total. The molecule has 0 saturated carbocycles. The predicted octanol–water partition coefficient (Wildman–Crippen LogP) is 2.70. The Kier molecular flexibility index (Phi) is 3.34. The standard InChI is InChI=1S/C15H20N4/c1-3-6-13-15-18-17-14(19(15)10-9-16-13)12-8-5-4-7-11(12)2/h4-5,7-8,13,16H,3,6,9-10H2,1-2H3. The molecule has 100 valence electrons. The third kappa shape index (κ3) is 2.16. The number of hydrogen-bond donors (Lipinski definition) is 1. The van der Waals surface area contributed by atoms with Gasteiger partial charge in [0.2, 0.25) is 0 Å². The van der Waals surface area contributed by atoms with Gasteiger partial charge in [-0.1, -0.05) is 37.6 Å². The van der Waals surface area contributed by atoms with Gasteiger partial charge in [-0.25, -0.2) is 0 Å². The van der Waals surface area contributed by atoms with E-state index in [-0.39, 0.29) is 0 Å². The van der Waals surface area contributed by atoms with Gasteiger partial charge >= 0.3 is 0 Å². The van der Waals surface area contributed by atoms with Crippen LogP contribution < -0.4 is 5.32 Å². The molecule has 1 N–H and O–H groups in total. The maximum Gasteiger partial charge on any atom is 0.164 e. The van der Waals surface area contributed by atoms with Crippen molar-refractivity contribution in [3.63, 3.8) is 0 Å². The Morgan fingerprint density at radius 1 is 1.32 bits per heavy atom. The van der Waals surface area contributed by atoms with E-state index in [1.54, 1.807) is 0 Å². The summed E-state index contributed by atoms with van der Waals surface area (Å²) in [6.45, 7) is 6.28. The largest absolute Gasteiger partial charge is 0.308 e. The lowest BCUT2D eigenvalue weighted by atomic mass is 10.1. The summed E-state index contributed by atoms with van der Waals surface area (Å²) < 4.78 is 2.28. The van der Waals surface area contributed by atoms with Gasteiger partial charge in [0.25, 0.3) is 0 Å². The number of nitrogens with one attached hydrogen (secondary N) is 1. The molecular weight excluding hydrogens is 236 g/mol. The fourth-order valence-corrected chi connectivity index (χ4v) is 2.78. The highest BCUT2D eigenvalue weighted by Gasteiger charge is 2.24. The van der Waals surface area contributed by atoms with Crippen molar-refractivity contribution in [1.29, 1.82) is 0 Å². The van der Waals surface area contributed by atoms with Gasteiger partial charge in [0.05, 0.1) is 6.04 Å². The van der Waals surface area contributed by atoms with Crippen molar-refractivity contribution in [2.24, 2.45) is 0 Å². The van der Waals surface area contributed by atoms with Crippen LogP contribution in [0.4, 0.5) is 0 Å². The molecule has 1 aliphatic rings. The van der Waals surface area contributed by atoms with Crippen molar-refractivity contribution in [3.05, 3.63) is 35.7 Å². The van der Waals surface area contributed by atoms with Crippen molar-refractivity contribution >= 4 is 0 Å². The number of benzene rings is 1. The SMILES string of the molecule is CCCC1NCCn2c(-c3ccccc3C)nnc21. The third-order valence-corrected chi connectivity index (χ3v) is 3.78. The lowest BCUT2D eigenvalue weighted by Crippen LogP contribution is -2.33. The van der Waals surface area contributed by atoms with Crippen molar-refractivity contribution < 1.29 is 0 Å². The van der Waals surface area contributed by atoms with Crippen LogP contribution in [0.25, 0.3) is 11.4 Å². The molecule has 1 unspecified atom stereocenters. The lowest BCUT2D eigenvalue weighted by Gasteiger charge is -2.25. The summed E-state index contributed by atoms with van der Waals surface area (Å²) in [6.07, 6.45) is 2.27. The first-order valence-electron chi connectivity index (χ1n) is 7.03. The second-order valence-corrected chi connectivity index (χ2v) is 5.14. The molecule has 0 spiro atoms. The number of rotatable bonds is 3. The normalized spacial score (nSPS) is 18.3. The first-order valence-corrected chi connectivity index (χ1v) is 7.03. The van der Waals surface area contributed by atoms with E-state index in [1.165, 1.54) is 11.1 Å². The molecule has 0 amide bonds. The van der Waals surface area contributed by atoms with Gasteiger partial charge < -0.3 is 9.88 Å². The molecule has 3 rings (SSSR count). The topological polar surface area (TPSA) is 42.7 Å². The van der Waals surface area contributed by atoms with E-state index in [1.807, 2.05) is 0 Å². The molecule has 1 aromatic carbocycles. The van der Waals surface area contributed by atoms with Crippen LogP contribution in [0.1, 0.15) is 37.2 Å². The van der Waals surface area contributed by atoms with E-state index >= 15 is 0 Å². The van der Waals surface area contributed by atoms with Crippen molar-refractivity contribution in [1.82, 2.24) is 20.1 Å². The smallest absolute Gasteiger partial charge is 0.164 e. The highest BCUT2D eigenvalue weighted by atomic mass is 15.3. The van der Waals surface area contributed by atoms with Gasteiger partial charge in [-0.15, -0.1) is 10.2 Å². The Morgan fingerprint density at radius 2 is 2.16 bits per heavy atom. The highest BCUT2D eigenvalue weighted by molar-refractivity contribution is 5.60. The fraction of sp³-hybridized carbons (Fsp3) is 0.467. The number of nitrogens with zero attached hydrogens (tertiary/aromatic N) is 3. The maximum atomic E-state index is 4.43. The molecule has 0 saturated heterocycles. The Bertz CT molecular complexity index is 573. The predicted molar refractivity (Wildman–Crippen MR) is 75.8 cm³/mol. The zero-order valence-corrected chi connectivity index (χ0v) is 11.6. The molecule has 2 heterocycles. The number of hydrogen-bond acceptors (Lipinski definition) is 3. The van der Waals surface area contributed by atoms with Crippen LogP contribution in [0.2, 0.25) is 0 Å². The van der Waals surface area contributed by atoms with Gasteiger partial charge in [0, 0.05) is 18.7 Å². The number of aromatic nitrogens is 3. The van der Waals surface area contributed by atoms with Crippen LogP contribution in [0, 0.1) is 6.92 Å².